The van der Waals surface area contributed by atoms with Gasteiger partial charge in [0, 0.05) is 22.9 Å². The van der Waals surface area contributed by atoms with E-state index in [-0.39, 0.29) is 11.8 Å². The molecule has 0 spiro atoms. The summed E-state index contributed by atoms with van der Waals surface area (Å²) in [5.74, 6) is 0.708. The Morgan fingerprint density at radius 2 is 1.83 bits per heavy atom. The maximum Gasteiger partial charge on any atom is 0.228 e. The number of carbonyl (C=O) groups is 1. The molecule has 1 amide bonds. The zero-order valence-corrected chi connectivity index (χ0v) is 14.2. The number of amides is 1. The molecule has 0 radical (unpaired) electrons. The molecule has 24 heavy (non-hydrogen) atoms. The zero-order chi connectivity index (χ0) is 16.9. The number of unbranched alkanes of at least 4 members (excludes halogenated alkanes) is 1. The lowest BCUT2D eigenvalue weighted by molar-refractivity contribution is -0.120. The second-order valence-electron chi connectivity index (χ2n) is 6.15. The lowest BCUT2D eigenvalue weighted by atomic mass is 9.98. The molecule has 3 rings (SSSR count). The van der Waals surface area contributed by atoms with Crippen LogP contribution < -0.4 is 5.32 Å². The molecule has 4 heteroatoms. The van der Waals surface area contributed by atoms with E-state index in [0.717, 1.165) is 47.5 Å². The second-order valence-corrected chi connectivity index (χ2v) is 6.15. The van der Waals surface area contributed by atoms with Crippen LogP contribution >= 0.6 is 0 Å². The Labute approximate surface area is 142 Å². The van der Waals surface area contributed by atoms with Gasteiger partial charge in [-0.3, -0.25) is 9.78 Å². The molecular weight excluding hydrogens is 298 g/mol. The fourth-order valence-electron chi connectivity index (χ4n) is 2.99. The number of carbonyl (C=O) groups excluding carboxylic acids is 1. The first-order valence-corrected chi connectivity index (χ1v) is 8.68. The van der Waals surface area contributed by atoms with Crippen molar-refractivity contribution in [1.82, 2.24) is 9.97 Å². The maximum absolute atomic E-state index is 12.5. The van der Waals surface area contributed by atoms with Gasteiger partial charge in [-0.15, -0.1) is 0 Å². The second kappa shape index (κ2) is 7.39. The summed E-state index contributed by atoms with van der Waals surface area (Å²) in [6.07, 6.45) is 5.73. The van der Waals surface area contributed by atoms with Crippen LogP contribution in [-0.2, 0) is 4.79 Å². The number of fused-ring (bicyclic) bond motifs is 3. The zero-order valence-electron chi connectivity index (χ0n) is 14.2. The molecule has 2 heterocycles. The monoisotopic (exact) mass is 321 g/mol. The van der Waals surface area contributed by atoms with Crippen LogP contribution in [0.1, 0.15) is 39.5 Å². The molecule has 4 nitrogen and oxygen atoms in total. The summed E-state index contributed by atoms with van der Waals surface area (Å²) in [4.78, 5) is 21.6. The van der Waals surface area contributed by atoms with E-state index in [1.807, 2.05) is 36.4 Å². The first-order chi connectivity index (χ1) is 11.7. The Morgan fingerprint density at radius 3 is 2.58 bits per heavy atom. The van der Waals surface area contributed by atoms with E-state index in [9.17, 15) is 4.79 Å². The van der Waals surface area contributed by atoms with Gasteiger partial charge in [0.2, 0.25) is 5.91 Å². The third kappa shape index (κ3) is 3.37. The minimum absolute atomic E-state index is 0.0492. The van der Waals surface area contributed by atoms with Crippen molar-refractivity contribution in [3.05, 3.63) is 42.6 Å². The van der Waals surface area contributed by atoms with Crippen LogP contribution in [0.2, 0.25) is 0 Å². The van der Waals surface area contributed by atoms with Crippen molar-refractivity contribution < 1.29 is 4.79 Å². The maximum atomic E-state index is 12.5. The lowest BCUT2D eigenvalue weighted by Gasteiger charge is -2.14. The van der Waals surface area contributed by atoms with Crippen molar-refractivity contribution in [3.63, 3.8) is 0 Å². The molecule has 2 aromatic heterocycles. The van der Waals surface area contributed by atoms with E-state index in [4.69, 9.17) is 0 Å². The molecule has 1 aromatic carbocycles. The minimum atomic E-state index is 0.0492. The SMILES string of the molecule is CCCCC(CC)C(=O)Nc1ccc2ccc3cccnc3c2n1. The number of aromatic nitrogens is 2. The molecule has 0 saturated heterocycles. The van der Waals surface area contributed by atoms with Crippen molar-refractivity contribution in [2.75, 3.05) is 5.32 Å². The fourth-order valence-corrected chi connectivity index (χ4v) is 2.99. The Hall–Kier alpha value is -2.49. The van der Waals surface area contributed by atoms with E-state index in [0.29, 0.717) is 5.82 Å². The molecule has 0 aliphatic rings. The lowest BCUT2D eigenvalue weighted by Crippen LogP contribution is -2.22. The van der Waals surface area contributed by atoms with E-state index in [2.05, 4.69) is 29.1 Å². The number of hydrogen-bond donors (Lipinski definition) is 1. The topological polar surface area (TPSA) is 54.9 Å². The van der Waals surface area contributed by atoms with Gasteiger partial charge in [0.1, 0.15) is 5.82 Å². The largest absolute Gasteiger partial charge is 0.310 e. The summed E-state index contributed by atoms with van der Waals surface area (Å²) < 4.78 is 0. The van der Waals surface area contributed by atoms with Crippen molar-refractivity contribution >= 4 is 33.5 Å². The van der Waals surface area contributed by atoms with Crippen molar-refractivity contribution in [2.45, 2.75) is 39.5 Å². The summed E-state index contributed by atoms with van der Waals surface area (Å²) in [7, 11) is 0. The summed E-state index contributed by atoms with van der Waals surface area (Å²) in [5.41, 5.74) is 1.69. The molecule has 3 aromatic rings. The quantitative estimate of drug-likeness (QED) is 0.654. The van der Waals surface area contributed by atoms with Gasteiger partial charge in [-0.2, -0.15) is 0 Å². The highest BCUT2D eigenvalue weighted by atomic mass is 16.1. The standard InChI is InChI=1S/C20H23N3O/c1-3-5-7-14(4-2)20(24)23-17-12-11-16-10-9-15-8-6-13-21-18(15)19(16)22-17/h6,8-14H,3-5,7H2,1-2H3,(H,22,23,24). The van der Waals surface area contributed by atoms with E-state index in [1.54, 1.807) is 6.20 Å². The van der Waals surface area contributed by atoms with E-state index < -0.39 is 0 Å². The predicted molar refractivity (Wildman–Crippen MR) is 99.0 cm³/mol. The van der Waals surface area contributed by atoms with Crippen LogP contribution in [0.4, 0.5) is 5.82 Å². The molecule has 1 N–H and O–H groups in total. The average molecular weight is 321 g/mol. The summed E-state index contributed by atoms with van der Waals surface area (Å²) in [6.45, 7) is 4.21. The summed E-state index contributed by atoms with van der Waals surface area (Å²) in [5, 5.41) is 5.06. The normalized spacial score (nSPS) is 12.4. The van der Waals surface area contributed by atoms with Crippen molar-refractivity contribution in [1.29, 1.82) is 0 Å². The first kappa shape index (κ1) is 16.4. The fraction of sp³-hybridized carbons (Fsp3) is 0.350. The smallest absolute Gasteiger partial charge is 0.228 e. The van der Waals surface area contributed by atoms with Crippen LogP contribution in [-0.4, -0.2) is 15.9 Å². The molecule has 0 saturated carbocycles. The molecule has 124 valence electrons. The van der Waals surface area contributed by atoms with Gasteiger partial charge in [0.15, 0.2) is 0 Å². The predicted octanol–water partition coefficient (Wildman–Crippen LogP) is 4.94. The van der Waals surface area contributed by atoms with Gasteiger partial charge in [-0.1, -0.05) is 44.9 Å². The average Bonchev–Trinajstić information content (AvgIpc) is 2.62. The Balaban J connectivity index is 1.90. The van der Waals surface area contributed by atoms with Crippen LogP contribution in [0, 0.1) is 5.92 Å². The van der Waals surface area contributed by atoms with Gasteiger partial charge >= 0.3 is 0 Å². The number of nitrogens with one attached hydrogen (secondary N) is 1. The number of nitrogens with zero attached hydrogens (tertiary/aromatic N) is 2. The van der Waals surface area contributed by atoms with Crippen LogP contribution in [0.3, 0.4) is 0 Å². The number of benzene rings is 1. The van der Waals surface area contributed by atoms with Gasteiger partial charge in [0.25, 0.3) is 0 Å². The van der Waals surface area contributed by atoms with E-state index in [1.165, 1.54) is 0 Å². The van der Waals surface area contributed by atoms with Gasteiger partial charge in [-0.05, 0) is 31.0 Å². The van der Waals surface area contributed by atoms with Gasteiger partial charge in [0.05, 0.1) is 11.0 Å². The van der Waals surface area contributed by atoms with Crippen LogP contribution in [0.25, 0.3) is 21.8 Å². The van der Waals surface area contributed by atoms with Crippen LogP contribution in [0.15, 0.2) is 42.6 Å². The number of hydrogen-bond acceptors (Lipinski definition) is 3. The highest BCUT2D eigenvalue weighted by molar-refractivity contribution is 6.03. The first-order valence-electron chi connectivity index (χ1n) is 8.68. The molecule has 1 atom stereocenters. The molecule has 0 bridgehead atoms. The molecule has 0 fully saturated rings. The van der Waals surface area contributed by atoms with Crippen molar-refractivity contribution in [2.24, 2.45) is 5.92 Å². The van der Waals surface area contributed by atoms with Gasteiger partial charge < -0.3 is 5.32 Å². The Bertz CT molecular complexity index is 860. The van der Waals surface area contributed by atoms with E-state index >= 15 is 0 Å². The van der Waals surface area contributed by atoms with Gasteiger partial charge in [-0.25, -0.2) is 4.98 Å². The third-order valence-electron chi connectivity index (χ3n) is 4.45. The molecule has 0 aliphatic carbocycles. The summed E-state index contributed by atoms with van der Waals surface area (Å²) >= 11 is 0. The number of pyridine rings is 2. The summed E-state index contributed by atoms with van der Waals surface area (Å²) in [6, 6.07) is 11.9. The number of rotatable bonds is 6. The Morgan fingerprint density at radius 1 is 1.08 bits per heavy atom. The van der Waals surface area contributed by atoms with Crippen molar-refractivity contribution in [3.8, 4) is 0 Å². The van der Waals surface area contributed by atoms with Crippen LogP contribution in [0.5, 0.6) is 0 Å². The molecular formula is C20H23N3O. The highest BCUT2D eigenvalue weighted by Crippen LogP contribution is 2.24. The number of anilines is 1. The third-order valence-corrected chi connectivity index (χ3v) is 4.45. The highest BCUT2D eigenvalue weighted by Gasteiger charge is 2.16. The molecule has 1 unspecified atom stereocenters. The molecule has 0 aliphatic heterocycles. The minimum Gasteiger partial charge on any atom is -0.310 e. The Kier molecular flexibility index (Phi) is 5.04.